The molecule has 0 amide bonds. The summed E-state index contributed by atoms with van der Waals surface area (Å²) >= 11 is 1.55. The molecule has 1 heterocycles. The Bertz CT molecular complexity index is 378. The first-order valence-electron chi connectivity index (χ1n) is 6.38. The van der Waals surface area contributed by atoms with E-state index in [0.29, 0.717) is 0 Å². The number of hydrogen-bond donors (Lipinski definition) is 1. The summed E-state index contributed by atoms with van der Waals surface area (Å²) in [6, 6.07) is 0. The van der Waals surface area contributed by atoms with Crippen LogP contribution >= 0.6 is 11.3 Å². The van der Waals surface area contributed by atoms with E-state index in [1.807, 2.05) is 5.38 Å². The minimum atomic E-state index is -0.250. The fourth-order valence-electron chi connectivity index (χ4n) is 1.91. The molecule has 5 heteroatoms. The van der Waals surface area contributed by atoms with Crippen LogP contribution in [0.25, 0.3) is 0 Å². The Balaban J connectivity index is 2.71. The molecule has 0 saturated heterocycles. The monoisotopic (exact) mass is 270 g/mol. The van der Waals surface area contributed by atoms with Gasteiger partial charge in [-0.15, -0.1) is 11.3 Å². The molecule has 0 aliphatic rings. The molecule has 0 aliphatic carbocycles. The molecule has 0 atom stereocenters. The van der Waals surface area contributed by atoms with Crippen LogP contribution in [-0.4, -0.2) is 23.6 Å². The molecule has 1 aromatic rings. The molecule has 0 aromatic carbocycles. The first kappa shape index (κ1) is 15.0. The van der Waals surface area contributed by atoms with Gasteiger partial charge in [-0.1, -0.05) is 20.8 Å². The first-order valence-corrected chi connectivity index (χ1v) is 7.26. The second-order valence-corrected chi connectivity index (χ2v) is 5.22. The van der Waals surface area contributed by atoms with E-state index in [1.165, 1.54) is 7.11 Å². The van der Waals surface area contributed by atoms with Crippen molar-refractivity contribution in [3.05, 3.63) is 11.1 Å². The number of ether oxygens (including phenoxy) is 1. The molecule has 18 heavy (non-hydrogen) atoms. The average Bonchev–Trinajstić information content (AvgIpc) is 2.83. The van der Waals surface area contributed by atoms with Crippen LogP contribution in [0.1, 0.15) is 45.7 Å². The number of carbonyl (C=O) groups excluding carboxylic acids is 1. The zero-order valence-corrected chi connectivity index (χ0v) is 12.4. The van der Waals surface area contributed by atoms with Gasteiger partial charge in [0.2, 0.25) is 0 Å². The highest BCUT2D eigenvalue weighted by Gasteiger charge is 2.24. The van der Waals surface area contributed by atoms with E-state index in [1.54, 1.807) is 11.3 Å². The van der Waals surface area contributed by atoms with Crippen LogP contribution in [0.2, 0.25) is 0 Å². The molecule has 0 fully saturated rings. The molecule has 1 N–H and O–H groups in total. The van der Waals surface area contributed by atoms with E-state index in [9.17, 15) is 4.79 Å². The van der Waals surface area contributed by atoms with Crippen molar-refractivity contribution in [2.75, 3.05) is 12.4 Å². The van der Waals surface area contributed by atoms with Crippen molar-refractivity contribution in [2.24, 2.45) is 0 Å². The van der Waals surface area contributed by atoms with Gasteiger partial charge in [-0.2, -0.15) is 0 Å². The maximum atomic E-state index is 11.2. The zero-order valence-electron chi connectivity index (χ0n) is 11.6. The summed E-state index contributed by atoms with van der Waals surface area (Å²) in [5, 5.41) is 6.30. The van der Waals surface area contributed by atoms with Crippen molar-refractivity contribution < 1.29 is 9.53 Å². The predicted octanol–water partition coefficient (Wildman–Crippen LogP) is 3.24. The van der Waals surface area contributed by atoms with E-state index in [2.05, 4.69) is 35.8 Å². The minimum Gasteiger partial charge on any atom is -0.469 e. The van der Waals surface area contributed by atoms with Crippen molar-refractivity contribution in [3.63, 3.8) is 0 Å². The summed E-state index contributed by atoms with van der Waals surface area (Å²) in [6.07, 6.45) is 3.43. The van der Waals surface area contributed by atoms with Gasteiger partial charge in [-0.3, -0.25) is 4.79 Å². The van der Waals surface area contributed by atoms with E-state index in [0.717, 1.165) is 30.1 Å². The second-order valence-electron chi connectivity index (χ2n) is 4.36. The fraction of sp³-hybridized carbons (Fsp3) is 0.692. The van der Waals surface area contributed by atoms with E-state index in [4.69, 9.17) is 0 Å². The maximum absolute atomic E-state index is 11.2. The minimum absolute atomic E-state index is 0.111. The highest BCUT2D eigenvalue weighted by molar-refractivity contribution is 7.13. The average molecular weight is 270 g/mol. The number of hydrogen-bond acceptors (Lipinski definition) is 5. The third-order valence-corrected chi connectivity index (χ3v) is 4.31. The van der Waals surface area contributed by atoms with Crippen molar-refractivity contribution in [1.29, 1.82) is 0 Å². The zero-order chi connectivity index (χ0) is 13.6. The molecule has 102 valence electrons. The maximum Gasteiger partial charge on any atom is 0.311 e. The predicted molar refractivity (Wildman–Crippen MR) is 75.1 cm³/mol. The van der Waals surface area contributed by atoms with Crippen molar-refractivity contribution in [2.45, 2.75) is 52.0 Å². The normalized spacial score (nSPS) is 11.3. The van der Waals surface area contributed by atoms with Crippen LogP contribution in [0, 0.1) is 0 Å². The summed E-state index contributed by atoms with van der Waals surface area (Å²) in [4.78, 5) is 15.6. The number of methoxy groups -OCH3 is 1. The molecule has 0 saturated carbocycles. The van der Waals surface area contributed by atoms with Gasteiger partial charge in [0.1, 0.15) is 0 Å². The highest BCUT2D eigenvalue weighted by Crippen LogP contribution is 2.27. The number of anilines is 1. The summed E-state index contributed by atoms with van der Waals surface area (Å²) in [5.74, 6) is -0.250. The quantitative estimate of drug-likeness (QED) is 0.773. The van der Waals surface area contributed by atoms with Gasteiger partial charge in [-0.25, -0.2) is 4.98 Å². The highest BCUT2D eigenvalue weighted by atomic mass is 32.1. The van der Waals surface area contributed by atoms with Gasteiger partial charge in [0, 0.05) is 10.9 Å². The Morgan fingerprint density at radius 1 is 1.39 bits per heavy atom. The lowest BCUT2D eigenvalue weighted by molar-refractivity contribution is -0.139. The summed E-state index contributed by atoms with van der Waals surface area (Å²) in [5.41, 5.74) is 0.881. The van der Waals surface area contributed by atoms with Gasteiger partial charge >= 0.3 is 5.97 Å². The Kier molecular flexibility index (Phi) is 5.59. The molecular weight excluding hydrogens is 248 g/mol. The lowest BCUT2D eigenvalue weighted by atomic mass is 9.90. The van der Waals surface area contributed by atoms with E-state index < -0.39 is 0 Å². The van der Waals surface area contributed by atoms with Gasteiger partial charge in [0.15, 0.2) is 5.13 Å². The Morgan fingerprint density at radius 3 is 2.50 bits per heavy atom. The van der Waals surface area contributed by atoms with Crippen LogP contribution in [-0.2, 0) is 16.0 Å². The SMILES string of the molecule is CCC(CC)(CC)Nc1nc(CC(=O)OC)cs1. The molecular formula is C13H22N2O2S. The van der Waals surface area contributed by atoms with E-state index >= 15 is 0 Å². The van der Waals surface area contributed by atoms with Gasteiger partial charge in [-0.05, 0) is 19.3 Å². The van der Waals surface area contributed by atoms with Gasteiger partial charge in [0.05, 0.1) is 19.2 Å². The largest absolute Gasteiger partial charge is 0.469 e. The number of rotatable bonds is 7. The topological polar surface area (TPSA) is 51.2 Å². The van der Waals surface area contributed by atoms with Gasteiger partial charge in [0.25, 0.3) is 0 Å². The molecule has 0 radical (unpaired) electrons. The Labute approximate surface area is 113 Å². The number of nitrogens with one attached hydrogen (secondary N) is 1. The van der Waals surface area contributed by atoms with Crippen molar-refractivity contribution in [1.82, 2.24) is 4.98 Å². The van der Waals surface area contributed by atoms with Crippen molar-refractivity contribution in [3.8, 4) is 0 Å². The standard InChI is InChI=1S/C13H22N2O2S/c1-5-13(6-2,7-3)15-12-14-10(9-18-12)8-11(16)17-4/h9H,5-8H2,1-4H3,(H,14,15). The fourth-order valence-corrected chi connectivity index (χ4v) is 2.74. The van der Waals surface area contributed by atoms with Crippen LogP contribution in [0.3, 0.4) is 0 Å². The molecule has 1 aromatic heterocycles. The smallest absolute Gasteiger partial charge is 0.311 e. The number of carbonyl (C=O) groups is 1. The molecule has 1 rings (SSSR count). The van der Waals surface area contributed by atoms with Crippen molar-refractivity contribution >= 4 is 22.4 Å². The van der Waals surface area contributed by atoms with Crippen LogP contribution in [0.5, 0.6) is 0 Å². The second kappa shape index (κ2) is 6.73. The summed E-state index contributed by atoms with van der Waals surface area (Å²) in [6.45, 7) is 6.55. The number of thiazole rings is 1. The number of nitrogens with zero attached hydrogens (tertiary/aromatic N) is 1. The summed E-state index contributed by atoms with van der Waals surface area (Å²) in [7, 11) is 1.39. The number of esters is 1. The Hall–Kier alpha value is -1.10. The third-order valence-electron chi connectivity index (χ3n) is 3.51. The van der Waals surface area contributed by atoms with Crippen LogP contribution in [0.15, 0.2) is 5.38 Å². The van der Waals surface area contributed by atoms with Crippen LogP contribution in [0.4, 0.5) is 5.13 Å². The van der Waals surface area contributed by atoms with E-state index in [-0.39, 0.29) is 17.9 Å². The summed E-state index contributed by atoms with van der Waals surface area (Å²) < 4.78 is 4.63. The Morgan fingerprint density at radius 2 is 2.00 bits per heavy atom. The first-order chi connectivity index (χ1) is 8.59. The van der Waals surface area contributed by atoms with Gasteiger partial charge < -0.3 is 10.1 Å². The lowest BCUT2D eigenvalue weighted by Gasteiger charge is -2.31. The molecule has 0 spiro atoms. The number of aromatic nitrogens is 1. The molecule has 0 aliphatic heterocycles. The van der Waals surface area contributed by atoms with Crippen LogP contribution < -0.4 is 5.32 Å². The lowest BCUT2D eigenvalue weighted by Crippen LogP contribution is -2.36. The third kappa shape index (κ3) is 3.70. The molecule has 0 unspecified atom stereocenters. The molecule has 4 nitrogen and oxygen atoms in total. The molecule has 0 bridgehead atoms.